The second-order valence-corrected chi connectivity index (χ2v) is 5.53. The molecule has 1 aliphatic carbocycles. The highest BCUT2D eigenvalue weighted by atomic mass is 16.3. The SMILES string of the molecule is OC1CCCC1CNCc1ccc(-n2ccnc2)cc1. The van der Waals surface area contributed by atoms with Gasteiger partial charge in [-0.25, -0.2) is 4.98 Å². The molecule has 0 amide bonds. The van der Waals surface area contributed by atoms with Crippen LogP contribution in [0.3, 0.4) is 0 Å². The molecule has 1 heterocycles. The van der Waals surface area contributed by atoms with Crippen LogP contribution < -0.4 is 5.32 Å². The van der Waals surface area contributed by atoms with Crippen molar-refractivity contribution in [3.8, 4) is 5.69 Å². The van der Waals surface area contributed by atoms with E-state index in [4.69, 9.17) is 0 Å². The van der Waals surface area contributed by atoms with Gasteiger partial charge in [-0.1, -0.05) is 18.6 Å². The third-order valence-corrected chi connectivity index (χ3v) is 4.09. The van der Waals surface area contributed by atoms with Crippen LogP contribution in [0.2, 0.25) is 0 Å². The van der Waals surface area contributed by atoms with E-state index in [0.29, 0.717) is 5.92 Å². The van der Waals surface area contributed by atoms with Crippen LogP contribution in [0.15, 0.2) is 43.0 Å². The van der Waals surface area contributed by atoms with Gasteiger partial charge in [-0.15, -0.1) is 0 Å². The largest absolute Gasteiger partial charge is 0.393 e. The lowest BCUT2D eigenvalue weighted by molar-refractivity contribution is 0.131. The van der Waals surface area contributed by atoms with Crippen LogP contribution in [0.1, 0.15) is 24.8 Å². The molecule has 0 bridgehead atoms. The molecule has 2 N–H and O–H groups in total. The molecule has 4 heteroatoms. The molecule has 1 saturated carbocycles. The molecule has 2 unspecified atom stereocenters. The molecule has 4 nitrogen and oxygen atoms in total. The monoisotopic (exact) mass is 271 g/mol. The zero-order valence-electron chi connectivity index (χ0n) is 11.6. The van der Waals surface area contributed by atoms with Gasteiger partial charge in [0.05, 0.1) is 12.4 Å². The topological polar surface area (TPSA) is 50.1 Å². The molecule has 2 aromatic rings. The van der Waals surface area contributed by atoms with Crippen LogP contribution in [-0.4, -0.2) is 27.3 Å². The number of hydrogen-bond donors (Lipinski definition) is 2. The molecule has 0 saturated heterocycles. The molecule has 1 aliphatic rings. The molecule has 1 fully saturated rings. The number of aromatic nitrogens is 2. The van der Waals surface area contributed by atoms with Crippen LogP contribution in [0.5, 0.6) is 0 Å². The third-order valence-electron chi connectivity index (χ3n) is 4.09. The van der Waals surface area contributed by atoms with E-state index in [2.05, 4.69) is 34.6 Å². The molecule has 1 aromatic carbocycles. The van der Waals surface area contributed by atoms with Crippen LogP contribution in [-0.2, 0) is 6.54 Å². The highest BCUT2D eigenvalue weighted by Crippen LogP contribution is 2.24. The van der Waals surface area contributed by atoms with E-state index in [9.17, 15) is 5.11 Å². The van der Waals surface area contributed by atoms with Gasteiger partial charge in [-0.3, -0.25) is 0 Å². The van der Waals surface area contributed by atoms with Crippen molar-refractivity contribution in [1.82, 2.24) is 14.9 Å². The van der Waals surface area contributed by atoms with Crippen LogP contribution in [0.25, 0.3) is 5.69 Å². The Morgan fingerprint density at radius 2 is 2.10 bits per heavy atom. The van der Waals surface area contributed by atoms with Crippen LogP contribution >= 0.6 is 0 Å². The molecule has 3 rings (SSSR count). The molecule has 2 atom stereocenters. The van der Waals surface area contributed by atoms with Gasteiger partial charge in [0.2, 0.25) is 0 Å². The summed E-state index contributed by atoms with van der Waals surface area (Å²) in [7, 11) is 0. The number of aliphatic hydroxyl groups is 1. The standard InChI is InChI=1S/C16H21N3O/c20-16-3-1-2-14(16)11-18-10-13-4-6-15(7-5-13)19-9-8-17-12-19/h4-9,12,14,16,18,20H,1-3,10-11H2. The molecule has 0 spiro atoms. The lowest BCUT2D eigenvalue weighted by Gasteiger charge is -2.15. The van der Waals surface area contributed by atoms with Crippen molar-refractivity contribution in [2.45, 2.75) is 31.9 Å². The Labute approximate surface area is 119 Å². The number of imidazole rings is 1. The summed E-state index contributed by atoms with van der Waals surface area (Å²) in [6.45, 7) is 1.76. The van der Waals surface area contributed by atoms with Gasteiger partial charge < -0.3 is 15.0 Å². The average molecular weight is 271 g/mol. The lowest BCUT2D eigenvalue weighted by atomic mass is 10.1. The lowest BCUT2D eigenvalue weighted by Crippen LogP contribution is -2.27. The summed E-state index contributed by atoms with van der Waals surface area (Å²) < 4.78 is 1.99. The Hall–Kier alpha value is -1.65. The van der Waals surface area contributed by atoms with E-state index in [1.807, 2.05) is 10.8 Å². The van der Waals surface area contributed by atoms with Gasteiger partial charge in [0.15, 0.2) is 0 Å². The molecule has 0 radical (unpaired) electrons. The van der Waals surface area contributed by atoms with Gasteiger partial charge in [-0.05, 0) is 36.5 Å². The molecule has 1 aromatic heterocycles. The van der Waals surface area contributed by atoms with Gasteiger partial charge in [0, 0.05) is 31.2 Å². The minimum Gasteiger partial charge on any atom is -0.393 e. The van der Waals surface area contributed by atoms with Gasteiger partial charge in [-0.2, -0.15) is 0 Å². The van der Waals surface area contributed by atoms with Crippen molar-refractivity contribution >= 4 is 0 Å². The Morgan fingerprint density at radius 3 is 2.75 bits per heavy atom. The van der Waals surface area contributed by atoms with E-state index in [1.165, 1.54) is 5.56 Å². The Morgan fingerprint density at radius 1 is 1.25 bits per heavy atom. The first kappa shape index (κ1) is 13.3. The number of rotatable bonds is 5. The predicted octanol–water partition coefficient (Wildman–Crippen LogP) is 2.12. The number of nitrogens with zero attached hydrogens (tertiary/aromatic N) is 2. The molecule has 0 aliphatic heterocycles. The van der Waals surface area contributed by atoms with Crippen molar-refractivity contribution in [3.05, 3.63) is 48.5 Å². The summed E-state index contributed by atoms with van der Waals surface area (Å²) in [4.78, 5) is 4.05. The van der Waals surface area contributed by atoms with Crippen molar-refractivity contribution in [1.29, 1.82) is 0 Å². The summed E-state index contributed by atoms with van der Waals surface area (Å²) in [5.74, 6) is 0.431. The molecular formula is C16H21N3O. The normalized spacial score (nSPS) is 22.2. The molecule has 20 heavy (non-hydrogen) atoms. The number of benzene rings is 1. The van der Waals surface area contributed by atoms with Crippen LogP contribution in [0.4, 0.5) is 0 Å². The van der Waals surface area contributed by atoms with E-state index in [-0.39, 0.29) is 6.10 Å². The van der Waals surface area contributed by atoms with Gasteiger partial charge >= 0.3 is 0 Å². The number of aliphatic hydroxyl groups excluding tert-OH is 1. The molecular weight excluding hydrogens is 250 g/mol. The zero-order chi connectivity index (χ0) is 13.8. The average Bonchev–Trinajstić information content (AvgIpc) is 3.12. The summed E-state index contributed by atoms with van der Waals surface area (Å²) in [5, 5.41) is 13.2. The van der Waals surface area contributed by atoms with Crippen molar-refractivity contribution in [2.24, 2.45) is 5.92 Å². The van der Waals surface area contributed by atoms with E-state index in [0.717, 1.165) is 38.0 Å². The smallest absolute Gasteiger partial charge is 0.0991 e. The first-order valence-corrected chi connectivity index (χ1v) is 7.29. The fraction of sp³-hybridized carbons (Fsp3) is 0.438. The van der Waals surface area contributed by atoms with E-state index >= 15 is 0 Å². The minimum atomic E-state index is -0.105. The first-order valence-electron chi connectivity index (χ1n) is 7.29. The first-order chi connectivity index (χ1) is 9.83. The predicted molar refractivity (Wildman–Crippen MR) is 78.6 cm³/mol. The third kappa shape index (κ3) is 3.08. The van der Waals surface area contributed by atoms with Crippen molar-refractivity contribution in [3.63, 3.8) is 0 Å². The Kier molecular flexibility index (Phi) is 4.14. The second-order valence-electron chi connectivity index (χ2n) is 5.53. The maximum Gasteiger partial charge on any atom is 0.0991 e. The highest BCUT2D eigenvalue weighted by molar-refractivity contribution is 5.34. The minimum absolute atomic E-state index is 0.105. The van der Waals surface area contributed by atoms with Crippen LogP contribution in [0, 0.1) is 5.92 Å². The summed E-state index contributed by atoms with van der Waals surface area (Å²) in [5.41, 5.74) is 2.39. The quantitative estimate of drug-likeness (QED) is 0.876. The summed E-state index contributed by atoms with van der Waals surface area (Å²) in [6, 6.07) is 8.47. The van der Waals surface area contributed by atoms with Gasteiger partial charge in [0.25, 0.3) is 0 Å². The fourth-order valence-electron chi connectivity index (χ4n) is 2.86. The Balaban J connectivity index is 1.51. The fourth-order valence-corrected chi connectivity index (χ4v) is 2.86. The number of hydrogen-bond acceptors (Lipinski definition) is 3. The Bertz CT molecular complexity index is 521. The summed E-state index contributed by atoms with van der Waals surface area (Å²) >= 11 is 0. The van der Waals surface area contributed by atoms with Crippen molar-refractivity contribution < 1.29 is 5.11 Å². The highest BCUT2D eigenvalue weighted by Gasteiger charge is 2.24. The second kappa shape index (κ2) is 6.20. The molecule has 106 valence electrons. The number of nitrogens with one attached hydrogen (secondary N) is 1. The van der Waals surface area contributed by atoms with Crippen molar-refractivity contribution in [2.75, 3.05) is 6.54 Å². The summed E-state index contributed by atoms with van der Waals surface area (Å²) in [6.07, 6.45) is 8.68. The maximum atomic E-state index is 9.78. The maximum absolute atomic E-state index is 9.78. The zero-order valence-corrected chi connectivity index (χ0v) is 11.6. The van der Waals surface area contributed by atoms with E-state index in [1.54, 1.807) is 12.5 Å². The van der Waals surface area contributed by atoms with Gasteiger partial charge in [0.1, 0.15) is 0 Å². The van der Waals surface area contributed by atoms with E-state index < -0.39 is 0 Å².